The second-order valence-corrected chi connectivity index (χ2v) is 6.70. The molecular weight excluding hydrogens is 284 g/mol. The van der Waals surface area contributed by atoms with Gasteiger partial charge in [-0.3, -0.25) is 4.79 Å². The Hall–Kier alpha value is -1.64. The monoisotopic (exact) mass is 314 g/mol. The molecule has 0 heterocycles. The van der Waals surface area contributed by atoms with Gasteiger partial charge in [0.15, 0.2) is 5.78 Å². The molecule has 0 aromatic heterocycles. The Morgan fingerprint density at radius 3 is 2.43 bits per heavy atom. The molecule has 3 heteroatoms. The van der Waals surface area contributed by atoms with Crippen molar-refractivity contribution in [2.24, 2.45) is 10.9 Å². The molecule has 0 radical (unpaired) electrons. The van der Waals surface area contributed by atoms with Crippen LogP contribution in [0.25, 0.3) is 0 Å². The van der Waals surface area contributed by atoms with Crippen molar-refractivity contribution in [1.29, 1.82) is 0 Å². The summed E-state index contributed by atoms with van der Waals surface area (Å²) < 4.78 is 0. The number of carbonyl (C=O) groups is 1. The molecule has 1 aliphatic carbocycles. The number of nitrogens with zero attached hydrogens (tertiary/aromatic N) is 2. The first-order valence-electron chi connectivity index (χ1n) is 8.97. The SMILES string of the molecule is CCN(C=Nc1cc(C)c(C(=O)CC2CCCC2)cc1C)CC. The summed E-state index contributed by atoms with van der Waals surface area (Å²) in [5, 5.41) is 0. The zero-order valence-corrected chi connectivity index (χ0v) is 15.1. The third kappa shape index (κ3) is 4.66. The predicted molar refractivity (Wildman–Crippen MR) is 97.9 cm³/mol. The summed E-state index contributed by atoms with van der Waals surface area (Å²) in [6.07, 6.45) is 7.63. The molecular formula is C20H30N2O. The molecule has 0 atom stereocenters. The Labute approximate surface area is 140 Å². The Balaban J connectivity index is 2.14. The van der Waals surface area contributed by atoms with Crippen LogP contribution in [0.5, 0.6) is 0 Å². The number of hydrogen-bond acceptors (Lipinski definition) is 2. The van der Waals surface area contributed by atoms with Gasteiger partial charge in [0, 0.05) is 25.1 Å². The second-order valence-electron chi connectivity index (χ2n) is 6.70. The molecule has 1 saturated carbocycles. The predicted octanol–water partition coefficient (Wildman–Crippen LogP) is 5.07. The van der Waals surface area contributed by atoms with Crippen LogP contribution in [0, 0.1) is 19.8 Å². The van der Waals surface area contributed by atoms with Crippen LogP contribution in [-0.4, -0.2) is 30.1 Å². The molecule has 1 aromatic carbocycles. The Morgan fingerprint density at radius 1 is 1.17 bits per heavy atom. The summed E-state index contributed by atoms with van der Waals surface area (Å²) in [7, 11) is 0. The zero-order chi connectivity index (χ0) is 16.8. The summed E-state index contributed by atoms with van der Waals surface area (Å²) in [5.74, 6) is 0.902. The number of rotatable bonds is 7. The minimum Gasteiger partial charge on any atom is -0.363 e. The molecule has 0 saturated heterocycles. The standard InChI is InChI=1S/C20H30N2O/c1-5-22(6-2)14-21-19-12-15(3)18(11-16(19)4)20(23)13-17-9-7-8-10-17/h11-12,14,17H,5-10,13H2,1-4H3. The maximum atomic E-state index is 12.6. The van der Waals surface area contributed by atoms with Gasteiger partial charge in [0.25, 0.3) is 0 Å². The van der Waals surface area contributed by atoms with Crippen LogP contribution in [0.2, 0.25) is 0 Å². The minimum atomic E-state index is 0.303. The van der Waals surface area contributed by atoms with E-state index in [1.54, 1.807) is 0 Å². The van der Waals surface area contributed by atoms with Crippen LogP contribution in [0.3, 0.4) is 0 Å². The van der Waals surface area contributed by atoms with Crippen LogP contribution < -0.4 is 0 Å². The number of benzene rings is 1. The van der Waals surface area contributed by atoms with Crippen LogP contribution in [0.15, 0.2) is 17.1 Å². The normalized spacial score (nSPS) is 15.5. The number of Topliss-reactive ketones (excluding diaryl/α,β-unsaturated/α-hetero) is 1. The van der Waals surface area contributed by atoms with Gasteiger partial charge in [-0.1, -0.05) is 25.7 Å². The molecule has 126 valence electrons. The molecule has 0 N–H and O–H groups in total. The fourth-order valence-corrected chi connectivity index (χ4v) is 3.36. The van der Waals surface area contributed by atoms with Crippen molar-refractivity contribution in [2.45, 2.75) is 59.8 Å². The zero-order valence-electron chi connectivity index (χ0n) is 15.1. The molecule has 0 amide bonds. The fraction of sp³-hybridized carbons (Fsp3) is 0.600. The van der Waals surface area contributed by atoms with Crippen molar-refractivity contribution in [2.75, 3.05) is 13.1 Å². The van der Waals surface area contributed by atoms with E-state index in [1.807, 2.05) is 26.3 Å². The second kappa shape index (κ2) is 8.28. The first kappa shape index (κ1) is 17.7. The van der Waals surface area contributed by atoms with Crippen LogP contribution in [0.4, 0.5) is 5.69 Å². The molecule has 1 aromatic rings. The van der Waals surface area contributed by atoms with E-state index < -0.39 is 0 Å². The molecule has 2 rings (SSSR count). The smallest absolute Gasteiger partial charge is 0.163 e. The molecule has 3 nitrogen and oxygen atoms in total. The maximum Gasteiger partial charge on any atom is 0.163 e. The summed E-state index contributed by atoms with van der Waals surface area (Å²) >= 11 is 0. The lowest BCUT2D eigenvalue weighted by Gasteiger charge is -2.15. The van der Waals surface area contributed by atoms with Crippen molar-refractivity contribution < 1.29 is 4.79 Å². The quantitative estimate of drug-likeness (QED) is 0.400. The highest BCUT2D eigenvalue weighted by Crippen LogP contribution is 2.30. The van der Waals surface area contributed by atoms with Gasteiger partial charge in [-0.2, -0.15) is 0 Å². The molecule has 0 bridgehead atoms. The van der Waals surface area contributed by atoms with Crippen LogP contribution in [0.1, 0.15) is 67.4 Å². The maximum absolute atomic E-state index is 12.6. The van der Waals surface area contributed by atoms with Gasteiger partial charge in [0.05, 0.1) is 12.0 Å². The average molecular weight is 314 g/mol. The molecule has 0 unspecified atom stereocenters. The van der Waals surface area contributed by atoms with E-state index >= 15 is 0 Å². The Kier molecular flexibility index (Phi) is 6.37. The lowest BCUT2D eigenvalue weighted by atomic mass is 9.93. The van der Waals surface area contributed by atoms with Crippen molar-refractivity contribution >= 4 is 17.8 Å². The molecule has 23 heavy (non-hydrogen) atoms. The highest BCUT2D eigenvalue weighted by atomic mass is 16.1. The van der Waals surface area contributed by atoms with Crippen LogP contribution in [-0.2, 0) is 0 Å². The Morgan fingerprint density at radius 2 is 1.83 bits per heavy atom. The van der Waals surface area contributed by atoms with Gasteiger partial charge >= 0.3 is 0 Å². The van der Waals surface area contributed by atoms with Gasteiger partial charge in [0.1, 0.15) is 0 Å². The van der Waals surface area contributed by atoms with Gasteiger partial charge < -0.3 is 4.90 Å². The largest absolute Gasteiger partial charge is 0.363 e. The number of aryl methyl sites for hydroxylation is 2. The number of hydrogen-bond donors (Lipinski definition) is 0. The van der Waals surface area contributed by atoms with Crippen molar-refractivity contribution in [3.63, 3.8) is 0 Å². The van der Waals surface area contributed by atoms with Crippen LogP contribution >= 0.6 is 0 Å². The number of aliphatic imine (C=N–C) groups is 1. The highest BCUT2D eigenvalue weighted by Gasteiger charge is 2.20. The van der Waals surface area contributed by atoms with E-state index in [2.05, 4.69) is 29.8 Å². The third-order valence-corrected chi connectivity index (χ3v) is 4.96. The Bertz CT molecular complexity index is 567. The minimum absolute atomic E-state index is 0.303. The van der Waals surface area contributed by atoms with E-state index in [0.29, 0.717) is 18.1 Å². The summed E-state index contributed by atoms with van der Waals surface area (Å²) in [4.78, 5) is 19.4. The fourth-order valence-electron chi connectivity index (χ4n) is 3.36. The topological polar surface area (TPSA) is 32.7 Å². The van der Waals surface area contributed by atoms with Gasteiger partial charge in [-0.15, -0.1) is 0 Å². The van der Waals surface area contributed by atoms with Gasteiger partial charge in [0.2, 0.25) is 0 Å². The summed E-state index contributed by atoms with van der Waals surface area (Å²) in [6.45, 7) is 10.2. The molecule has 1 aliphatic rings. The average Bonchev–Trinajstić information content (AvgIpc) is 3.03. The summed E-state index contributed by atoms with van der Waals surface area (Å²) in [6, 6.07) is 4.08. The number of carbonyl (C=O) groups excluding carboxylic acids is 1. The first-order valence-corrected chi connectivity index (χ1v) is 8.97. The van der Waals surface area contributed by atoms with Crippen molar-refractivity contribution in [3.05, 3.63) is 28.8 Å². The van der Waals surface area contributed by atoms with Gasteiger partial charge in [-0.05, 0) is 56.9 Å². The van der Waals surface area contributed by atoms with E-state index in [1.165, 1.54) is 25.7 Å². The summed E-state index contributed by atoms with van der Waals surface area (Å²) in [5.41, 5.74) is 3.97. The molecule has 0 spiro atoms. The molecule has 0 aliphatic heterocycles. The highest BCUT2D eigenvalue weighted by molar-refractivity contribution is 5.98. The van der Waals surface area contributed by atoms with E-state index in [0.717, 1.165) is 35.5 Å². The van der Waals surface area contributed by atoms with E-state index in [-0.39, 0.29) is 0 Å². The molecule has 1 fully saturated rings. The lowest BCUT2D eigenvalue weighted by molar-refractivity contribution is 0.0961. The van der Waals surface area contributed by atoms with E-state index in [9.17, 15) is 4.79 Å². The number of ketones is 1. The van der Waals surface area contributed by atoms with E-state index in [4.69, 9.17) is 0 Å². The third-order valence-electron chi connectivity index (χ3n) is 4.96. The first-order chi connectivity index (χ1) is 11.0. The van der Waals surface area contributed by atoms with Crippen molar-refractivity contribution in [1.82, 2.24) is 4.90 Å². The van der Waals surface area contributed by atoms with Crippen molar-refractivity contribution in [3.8, 4) is 0 Å². The lowest BCUT2D eigenvalue weighted by Crippen LogP contribution is -2.20. The van der Waals surface area contributed by atoms with Gasteiger partial charge in [-0.25, -0.2) is 4.99 Å².